The first kappa shape index (κ1) is 11.1. The van der Waals surface area contributed by atoms with Crippen molar-refractivity contribution in [1.29, 1.82) is 0 Å². The largest absolute Gasteiger partial charge is 0.375 e. The maximum Gasteiger partial charge on any atom is 0.180 e. The fourth-order valence-electron chi connectivity index (χ4n) is 1.15. The smallest absolute Gasteiger partial charge is 0.180 e. The number of carbonyl (C=O) groups is 1. The van der Waals surface area contributed by atoms with Gasteiger partial charge < -0.3 is 10.5 Å². The van der Waals surface area contributed by atoms with E-state index in [4.69, 9.17) is 10.5 Å². The average molecular weight is 214 g/mol. The highest BCUT2D eigenvalue weighted by atomic mass is 32.1. The third kappa shape index (κ3) is 1.93. The van der Waals surface area contributed by atoms with Crippen LogP contribution in [0.25, 0.3) is 0 Å². The quantitative estimate of drug-likeness (QED) is 0.826. The van der Waals surface area contributed by atoms with Gasteiger partial charge in [-0.05, 0) is 20.8 Å². The van der Waals surface area contributed by atoms with Crippen LogP contribution in [0.15, 0.2) is 5.38 Å². The predicted octanol–water partition coefficient (Wildman–Crippen LogP) is 1.57. The number of anilines is 1. The van der Waals surface area contributed by atoms with E-state index in [0.717, 1.165) is 0 Å². The molecule has 2 N–H and O–H groups in total. The zero-order valence-electron chi connectivity index (χ0n) is 8.53. The fourth-order valence-corrected chi connectivity index (χ4v) is 1.81. The molecule has 0 aromatic carbocycles. The molecule has 0 radical (unpaired) electrons. The second-order valence-corrected chi connectivity index (χ2v) is 3.98. The molecule has 0 aliphatic rings. The molecular formula is C9H14N2O2S. The molecule has 14 heavy (non-hydrogen) atoms. The molecule has 0 amide bonds. The van der Waals surface area contributed by atoms with Crippen molar-refractivity contribution in [2.75, 3.05) is 12.3 Å². The van der Waals surface area contributed by atoms with Gasteiger partial charge >= 0.3 is 0 Å². The van der Waals surface area contributed by atoms with Crippen LogP contribution < -0.4 is 5.73 Å². The Bertz CT molecular complexity index is 337. The Morgan fingerprint density at radius 3 is 2.79 bits per heavy atom. The normalized spacial score (nSPS) is 15.1. The lowest BCUT2D eigenvalue weighted by Crippen LogP contribution is -2.34. The maximum atomic E-state index is 11.5. The fraction of sp³-hybridized carbons (Fsp3) is 0.556. The Morgan fingerprint density at radius 2 is 2.43 bits per heavy atom. The Hall–Kier alpha value is -0.940. The van der Waals surface area contributed by atoms with E-state index in [9.17, 15) is 4.79 Å². The third-order valence-electron chi connectivity index (χ3n) is 2.12. The summed E-state index contributed by atoms with van der Waals surface area (Å²) in [5.41, 5.74) is 5.15. The van der Waals surface area contributed by atoms with E-state index in [1.807, 2.05) is 6.92 Å². The average Bonchev–Trinajstić information content (AvgIpc) is 2.52. The summed E-state index contributed by atoms with van der Waals surface area (Å²) < 4.78 is 5.43. The van der Waals surface area contributed by atoms with Gasteiger partial charge in [0.05, 0.1) is 5.69 Å². The number of thiazole rings is 1. The first-order valence-corrected chi connectivity index (χ1v) is 5.25. The molecule has 4 nitrogen and oxygen atoms in total. The highest BCUT2D eigenvalue weighted by Crippen LogP contribution is 2.28. The molecule has 1 aromatic heterocycles. The van der Waals surface area contributed by atoms with E-state index in [-0.39, 0.29) is 5.78 Å². The van der Waals surface area contributed by atoms with Crippen molar-refractivity contribution < 1.29 is 9.53 Å². The molecule has 1 unspecified atom stereocenters. The van der Waals surface area contributed by atoms with Crippen molar-refractivity contribution in [3.05, 3.63) is 11.1 Å². The molecule has 0 bridgehead atoms. The van der Waals surface area contributed by atoms with Crippen molar-refractivity contribution in [3.63, 3.8) is 0 Å². The molecule has 0 fully saturated rings. The van der Waals surface area contributed by atoms with Crippen molar-refractivity contribution in [2.45, 2.75) is 26.4 Å². The van der Waals surface area contributed by atoms with Crippen LogP contribution in [-0.2, 0) is 15.1 Å². The summed E-state index contributed by atoms with van der Waals surface area (Å²) in [7, 11) is 0. The number of nitrogens with zero attached hydrogens (tertiary/aromatic N) is 1. The SMILES string of the molecule is CCOC(C)(C(C)=O)c1csc(N)n1. The Morgan fingerprint density at radius 1 is 1.79 bits per heavy atom. The molecule has 1 atom stereocenters. The second kappa shape index (κ2) is 4.06. The Kier molecular flexibility index (Phi) is 3.23. The van der Waals surface area contributed by atoms with Crippen LogP contribution in [0.3, 0.4) is 0 Å². The number of rotatable bonds is 4. The minimum atomic E-state index is -0.955. The second-order valence-electron chi connectivity index (χ2n) is 3.09. The Balaban J connectivity index is 3.05. The number of carbonyl (C=O) groups excluding carboxylic acids is 1. The summed E-state index contributed by atoms with van der Waals surface area (Å²) in [6.45, 7) is 5.52. The zero-order chi connectivity index (χ0) is 10.8. The van der Waals surface area contributed by atoms with E-state index in [0.29, 0.717) is 17.4 Å². The first-order chi connectivity index (χ1) is 6.50. The summed E-state index contributed by atoms with van der Waals surface area (Å²) >= 11 is 1.31. The van der Waals surface area contributed by atoms with Crippen LogP contribution in [0.5, 0.6) is 0 Å². The lowest BCUT2D eigenvalue weighted by Gasteiger charge is -2.24. The van der Waals surface area contributed by atoms with Crippen LogP contribution in [0.4, 0.5) is 5.13 Å². The molecule has 5 heteroatoms. The van der Waals surface area contributed by atoms with Crippen molar-refractivity contribution >= 4 is 22.3 Å². The van der Waals surface area contributed by atoms with Gasteiger partial charge in [-0.25, -0.2) is 4.98 Å². The molecule has 1 aromatic rings. The van der Waals surface area contributed by atoms with Gasteiger partial charge in [0.25, 0.3) is 0 Å². The number of ether oxygens (including phenoxy) is 1. The van der Waals surface area contributed by atoms with E-state index in [2.05, 4.69) is 4.98 Å². The standard InChI is InChI=1S/C9H14N2O2S/c1-4-13-9(3,6(2)12)7-5-14-8(10)11-7/h5H,4H2,1-3H3,(H2,10,11). The van der Waals surface area contributed by atoms with E-state index < -0.39 is 5.60 Å². The highest BCUT2D eigenvalue weighted by Gasteiger charge is 2.35. The van der Waals surface area contributed by atoms with E-state index >= 15 is 0 Å². The van der Waals surface area contributed by atoms with Gasteiger partial charge in [0.2, 0.25) is 0 Å². The van der Waals surface area contributed by atoms with Gasteiger partial charge in [-0.1, -0.05) is 0 Å². The van der Waals surface area contributed by atoms with Crippen molar-refractivity contribution in [3.8, 4) is 0 Å². The maximum absolute atomic E-state index is 11.5. The van der Waals surface area contributed by atoms with Crippen molar-refractivity contribution in [1.82, 2.24) is 4.98 Å². The summed E-state index contributed by atoms with van der Waals surface area (Å²) in [6.07, 6.45) is 0. The van der Waals surface area contributed by atoms with E-state index in [1.54, 1.807) is 12.3 Å². The molecule has 1 rings (SSSR count). The Labute approximate surface area is 87.1 Å². The summed E-state index contributed by atoms with van der Waals surface area (Å²) in [6, 6.07) is 0. The van der Waals surface area contributed by atoms with Gasteiger partial charge in [-0.3, -0.25) is 4.79 Å². The highest BCUT2D eigenvalue weighted by molar-refractivity contribution is 7.13. The molecule has 0 saturated heterocycles. The number of Topliss-reactive ketones (excluding diaryl/α,β-unsaturated/α-hetero) is 1. The van der Waals surface area contributed by atoms with Gasteiger partial charge in [0.15, 0.2) is 16.5 Å². The minimum absolute atomic E-state index is 0.0651. The molecule has 78 valence electrons. The summed E-state index contributed by atoms with van der Waals surface area (Å²) in [5.74, 6) is -0.0651. The summed E-state index contributed by atoms with van der Waals surface area (Å²) in [4.78, 5) is 15.5. The molecule has 1 heterocycles. The number of nitrogens with two attached hydrogens (primary N) is 1. The molecular weight excluding hydrogens is 200 g/mol. The van der Waals surface area contributed by atoms with Crippen LogP contribution in [0.1, 0.15) is 26.5 Å². The molecule has 0 aliphatic carbocycles. The molecule has 0 saturated carbocycles. The van der Waals surface area contributed by atoms with Crippen LogP contribution in [-0.4, -0.2) is 17.4 Å². The number of hydrogen-bond donors (Lipinski definition) is 1. The van der Waals surface area contributed by atoms with Gasteiger partial charge in [0, 0.05) is 12.0 Å². The number of aromatic nitrogens is 1. The molecule has 0 aliphatic heterocycles. The topological polar surface area (TPSA) is 65.2 Å². The first-order valence-electron chi connectivity index (χ1n) is 4.37. The summed E-state index contributed by atoms with van der Waals surface area (Å²) in [5, 5.41) is 2.21. The van der Waals surface area contributed by atoms with Crippen molar-refractivity contribution in [2.24, 2.45) is 0 Å². The third-order valence-corrected chi connectivity index (χ3v) is 2.79. The monoisotopic (exact) mass is 214 g/mol. The van der Waals surface area contributed by atoms with Gasteiger partial charge in [-0.2, -0.15) is 0 Å². The number of hydrogen-bond acceptors (Lipinski definition) is 5. The predicted molar refractivity (Wildman–Crippen MR) is 56.2 cm³/mol. The number of ketones is 1. The van der Waals surface area contributed by atoms with Gasteiger partial charge in [-0.15, -0.1) is 11.3 Å². The minimum Gasteiger partial charge on any atom is -0.375 e. The van der Waals surface area contributed by atoms with Crippen LogP contribution >= 0.6 is 11.3 Å². The van der Waals surface area contributed by atoms with Crippen LogP contribution in [0.2, 0.25) is 0 Å². The molecule has 0 spiro atoms. The lowest BCUT2D eigenvalue weighted by atomic mass is 9.98. The van der Waals surface area contributed by atoms with Gasteiger partial charge in [0.1, 0.15) is 0 Å². The van der Waals surface area contributed by atoms with E-state index in [1.165, 1.54) is 18.3 Å². The number of nitrogen functional groups attached to an aromatic ring is 1. The van der Waals surface area contributed by atoms with Crippen LogP contribution in [0, 0.1) is 0 Å². The zero-order valence-corrected chi connectivity index (χ0v) is 9.35. The lowest BCUT2D eigenvalue weighted by molar-refractivity contribution is -0.141.